The van der Waals surface area contributed by atoms with Crippen molar-refractivity contribution in [1.29, 1.82) is 0 Å². The summed E-state index contributed by atoms with van der Waals surface area (Å²) in [6, 6.07) is 21.4. The molecular formula is C28H28N2O3S. The SMILES string of the molecule is CC(=O)C(C(C)=O)C(CC(=O)c1cccc2c1Nc1ccccc1S2)c1ccc(N(C)C)cc1. The van der Waals surface area contributed by atoms with Gasteiger partial charge in [0.05, 0.1) is 17.3 Å². The molecule has 1 unspecified atom stereocenters. The fourth-order valence-electron chi connectivity index (χ4n) is 4.50. The number of carbonyl (C=O) groups is 3. The summed E-state index contributed by atoms with van der Waals surface area (Å²) in [6.07, 6.45) is 0.0651. The Bertz CT molecular complexity index is 1240. The van der Waals surface area contributed by atoms with E-state index in [0.717, 1.165) is 32.4 Å². The molecule has 0 fully saturated rings. The zero-order chi connectivity index (χ0) is 24.4. The summed E-state index contributed by atoms with van der Waals surface area (Å²) in [5.41, 5.74) is 4.13. The number of Topliss-reactive ketones (excluding diaryl/α,β-unsaturated/α-hetero) is 3. The van der Waals surface area contributed by atoms with E-state index in [1.807, 2.05) is 85.7 Å². The minimum absolute atomic E-state index is 0.0651. The molecular weight excluding hydrogens is 444 g/mol. The lowest BCUT2D eigenvalue weighted by molar-refractivity contribution is -0.131. The van der Waals surface area contributed by atoms with Crippen molar-refractivity contribution in [2.24, 2.45) is 5.92 Å². The van der Waals surface area contributed by atoms with Gasteiger partial charge < -0.3 is 10.2 Å². The Hall–Kier alpha value is -3.38. The standard InChI is InChI=1S/C28H28N2O3S/c1-17(31)27(18(2)32)22(19-12-14-20(15-13-19)30(3)4)16-24(33)21-8-7-11-26-28(21)29-23-9-5-6-10-25(23)34-26/h5-15,22,27,29H,16H2,1-4H3. The highest BCUT2D eigenvalue weighted by atomic mass is 32.2. The Balaban J connectivity index is 1.69. The molecule has 0 bridgehead atoms. The average molecular weight is 473 g/mol. The van der Waals surface area contributed by atoms with E-state index in [2.05, 4.69) is 5.32 Å². The molecule has 4 rings (SSSR count). The molecule has 0 aliphatic carbocycles. The van der Waals surface area contributed by atoms with E-state index in [9.17, 15) is 14.4 Å². The maximum absolute atomic E-state index is 13.7. The van der Waals surface area contributed by atoms with E-state index in [1.165, 1.54) is 13.8 Å². The summed E-state index contributed by atoms with van der Waals surface area (Å²) in [7, 11) is 3.90. The van der Waals surface area contributed by atoms with Gasteiger partial charge in [-0.25, -0.2) is 0 Å². The number of carbonyl (C=O) groups excluding carboxylic acids is 3. The molecule has 1 aliphatic heterocycles. The maximum Gasteiger partial charge on any atom is 0.165 e. The van der Waals surface area contributed by atoms with Crippen molar-refractivity contribution < 1.29 is 14.4 Å². The second-order valence-electron chi connectivity index (χ2n) is 8.82. The van der Waals surface area contributed by atoms with Crippen molar-refractivity contribution in [3.63, 3.8) is 0 Å². The molecule has 1 aliphatic rings. The van der Waals surface area contributed by atoms with Gasteiger partial charge in [-0.1, -0.05) is 42.1 Å². The first-order valence-electron chi connectivity index (χ1n) is 11.2. The van der Waals surface area contributed by atoms with Crippen LogP contribution < -0.4 is 10.2 Å². The lowest BCUT2D eigenvalue weighted by Gasteiger charge is -2.26. The highest BCUT2D eigenvalue weighted by molar-refractivity contribution is 7.99. The van der Waals surface area contributed by atoms with Crippen molar-refractivity contribution in [3.05, 3.63) is 77.9 Å². The van der Waals surface area contributed by atoms with Gasteiger partial charge in [0, 0.05) is 47.5 Å². The number of benzene rings is 3. The second-order valence-corrected chi connectivity index (χ2v) is 9.90. The minimum atomic E-state index is -0.864. The van der Waals surface area contributed by atoms with Crippen LogP contribution in [0.25, 0.3) is 0 Å². The van der Waals surface area contributed by atoms with E-state index >= 15 is 0 Å². The Morgan fingerprint density at radius 3 is 2.15 bits per heavy atom. The molecule has 1 N–H and O–H groups in total. The molecule has 0 aromatic heterocycles. The van der Waals surface area contributed by atoms with Gasteiger partial charge >= 0.3 is 0 Å². The Morgan fingerprint density at radius 2 is 1.50 bits per heavy atom. The molecule has 1 atom stereocenters. The van der Waals surface area contributed by atoms with Gasteiger partial charge in [0.1, 0.15) is 11.6 Å². The van der Waals surface area contributed by atoms with E-state index in [0.29, 0.717) is 5.56 Å². The second kappa shape index (κ2) is 9.85. The summed E-state index contributed by atoms with van der Waals surface area (Å²) in [5, 5.41) is 3.42. The quantitative estimate of drug-likeness (QED) is 0.246. The normalized spacial score (nSPS) is 12.9. The van der Waals surface area contributed by atoms with Crippen LogP contribution in [0.5, 0.6) is 0 Å². The van der Waals surface area contributed by atoms with Gasteiger partial charge in [0.25, 0.3) is 0 Å². The van der Waals surface area contributed by atoms with Crippen LogP contribution in [0, 0.1) is 5.92 Å². The molecule has 3 aromatic carbocycles. The first-order chi connectivity index (χ1) is 16.3. The van der Waals surface area contributed by atoms with Crippen LogP contribution in [0.2, 0.25) is 0 Å². The van der Waals surface area contributed by atoms with Crippen LogP contribution >= 0.6 is 11.8 Å². The van der Waals surface area contributed by atoms with Gasteiger partial charge in [-0.2, -0.15) is 0 Å². The van der Waals surface area contributed by atoms with Gasteiger partial charge in [0.2, 0.25) is 0 Å². The van der Waals surface area contributed by atoms with Crippen molar-refractivity contribution in [1.82, 2.24) is 0 Å². The summed E-state index contributed by atoms with van der Waals surface area (Å²) in [5.74, 6) is -1.94. The molecule has 0 saturated heterocycles. The number of hydrogen-bond donors (Lipinski definition) is 1. The first-order valence-corrected chi connectivity index (χ1v) is 12.1. The molecule has 174 valence electrons. The zero-order valence-electron chi connectivity index (χ0n) is 19.8. The number of rotatable bonds is 8. The summed E-state index contributed by atoms with van der Waals surface area (Å²) >= 11 is 1.62. The molecule has 6 heteroatoms. The lowest BCUT2D eigenvalue weighted by Crippen LogP contribution is -2.29. The fraction of sp³-hybridized carbons (Fsp3) is 0.250. The van der Waals surface area contributed by atoms with Crippen molar-refractivity contribution >= 4 is 46.2 Å². The zero-order valence-corrected chi connectivity index (χ0v) is 20.6. The van der Waals surface area contributed by atoms with E-state index in [1.54, 1.807) is 11.8 Å². The Morgan fingerprint density at radius 1 is 0.853 bits per heavy atom. The predicted octanol–water partition coefficient (Wildman–Crippen LogP) is 6.11. The molecule has 5 nitrogen and oxygen atoms in total. The van der Waals surface area contributed by atoms with Crippen LogP contribution in [-0.2, 0) is 9.59 Å². The number of hydrogen-bond acceptors (Lipinski definition) is 6. The monoisotopic (exact) mass is 472 g/mol. The average Bonchev–Trinajstić information content (AvgIpc) is 2.81. The summed E-state index contributed by atoms with van der Waals surface area (Å²) in [4.78, 5) is 42.7. The molecule has 0 radical (unpaired) electrons. The van der Waals surface area contributed by atoms with Crippen LogP contribution in [-0.4, -0.2) is 31.4 Å². The van der Waals surface area contributed by atoms with Crippen LogP contribution in [0.1, 0.15) is 42.1 Å². The topological polar surface area (TPSA) is 66.5 Å². The first kappa shape index (κ1) is 23.8. The fourth-order valence-corrected chi connectivity index (χ4v) is 5.52. The van der Waals surface area contributed by atoms with Crippen LogP contribution in [0.3, 0.4) is 0 Å². The molecule has 34 heavy (non-hydrogen) atoms. The molecule has 0 saturated carbocycles. The smallest absolute Gasteiger partial charge is 0.165 e. The lowest BCUT2D eigenvalue weighted by atomic mass is 9.77. The summed E-state index contributed by atoms with van der Waals surface area (Å²) < 4.78 is 0. The number of ketones is 3. The van der Waals surface area contributed by atoms with Crippen molar-refractivity contribution in [2.45, 2.75) is 36.0 Å². The molecule has 3 aromatic rings. The Kier molecular flexibility index (Phi) is 6.89. The summed E-state index contributed by atoms with van der Waals surface area (Å²) in [6.45, 7) is 2.86. The molecule has 0 spiro atoms. The molecule has 0 amide bonds. The maximum atomic E-state index is 13.7. The highest BCUT2D eigenvalue weighted by Gasteiger charge is 2.34. The van der Waals surface area contributed by atoms with Gasteiger partial charge in [-0.15, -0.1) is 0 Å². The van der Waals surface area contributed by atoms with E-state index < -0.39 is 11.8 Å². The number of nitrogens with one attached hydrogen (secondary N) is 1. The number of fused-ring (bicyclic) bond motifs is 2. The van der Waals surface area contributed by atoms with Crippen molar-refractivity contribution in [2.75, 3.05) is 24.3 Å². The Labute approximate surface area is 204 Å². The third-order valence-electron chi connectivity index (χ3n) is 6.21. The van der Waals surface area contributed by atoms with Crippen molar-refractivity contribution in [3.8, 4) is 0 Å². The number of para-hydroxylation sites is 2. The number of nitrogens with zero attached hydrogens (tertiary/aromatic N) is 1. The number of anilines is 3. The predicted molar refractivity (Wildman–Crippen MR) is 138 cm³/mol. The van der Waals surface area contributed by atoms with Gasteiger partial charge in [-0.3, -0.25) is 14.4 Å². The minimum Gasteiger partial charge on any atom is -0.378 e. The van der Waals surface area contributed by atoms with Gasteiger partial charge in [0.15, 0.2) is 5.78 Å². The highest BCUT2D eigenvalue weighted by Crippen LogP contribution is 2.46. The van der Waals surface area contributed by atoms with Crippen LogP contribution in [0.15, 0.2) is 76.5 Å². The third-order valence-corrected chi connectivity index (χ3v) is 7.35. The third kappa shape index (κ3) is 4.77. The van der Waals surface area contributed by atoms with Crippen LogP contribution in [0.4, 0.5) is 17.1 Å². The largest absolute Gasteiger partial charge is 0.378 e. The van der Waals surface area contributed by atoms with Gasteiger partial charge in [-0.05, 0) is 55.8 Å². The van der Waals surface area contributed by atoms with E-state index in [4.69, 9.17) is 0 Å². The van der Waals surface area contributed by atoms with E-state index in [-0.39, 0.29) is 23.8 Å². The molecule has 1 heterocycles.